The van der Waals surface area contributed by atoms with Gasteiger partial charge in [-0.1, -0.05) is 378 Å². The second kappa shape index (κ2) is 75.5. The minimum Gasteiger partial charge on any atom is -0.466 e. The van der Waals surface area contributed by atoms with E-state index in [0.717, 1.165) is 51.4 Å². The number of aliphatic hydroxyl groups excluding tert-OH is 2. The van der Waals surface area contributed by atoms with Gasteiger partial charge in [-0.05, 0) is 83.5 Å². The Hall–Kier alpha value is -1.92. The number of nitrogens with one attached hydrogen (secondary N) is 1. The third-order valence-corrected chi connectivity index (χ3v) is 18.4. The Morgan fingerprint density at radius 3 is 0.907 bits per heavy atom. The first-order valence-electron chi connectivity index (χ1n) is 39.2. The largest absolute Gasteiger partial charge is 0.466 e. The molecule has 0 aromatic rings. The number of hydrogen-bond donors (Lipinski definition) is 3. The predicted molar refractivity (Wildman–Crippen MR) is 379 cm³/mol. The first-order chi connectivity index (χ1) is 42.5. The summed E-state index contributed by atoms with van der Waals surface area (Å²) in [5, 5.41) is 23.3. The van der Waals surface area contributed by atoms with Gasteiger partial charge in [-0.3, -0.25) is 9.59 Å². The molecule has 0 heterocycles. The summed E-state index contributed by atoms with van der Waals surface area (Å²) in [6.45, 7) is 4.97. The van der Waals surface area contributed by atoms with Crippen LogP contribution in [0.3, 0.4) is 0 Å². The molecular weight excluding hydrogens is 1050 g/mol. The average molecular weight is 1210 g/mol. The molecule has 0 spiro atoms. The summed E-state index contributed by atoms with van der Waals surface area (Å²) >= 11 is 0. The van der Waals surface area contributed by atoms with E-state index >= 15 is 0 Å². The van der Waals surface area contributed by atoms with Crippen LogP contribution in [0.5, 0.6) is 0 Å². The average Bonchev–Trinajstić information content (AvgIpc) is 3.51. The lowest BCUT2D eigenvalue weighted by atomic mass is 10.0. The summed E-state index contributed by atoms with van der Waals surface area (Å²) in [5.41, 5.74) is 0. The van der Waals surface area contributed by atoms with Gasteiger partial charge in [-0.25, -0.2) is 0 Å². The normalized spacial score (nSPS) is 12.7. The number of aliphatic hydroxyl groups is 2. The third-order valence-electron chi connectivity index (χ3n) is 18.4. The van der Waals surface area contributed by atoms with E-state index in [0.29, 0.717) is 25.9 Å². The van der Waals surface area contributed by atoms with Crippen molar-refractivity contribution in [3.05, 3.63) is 36.5 Å². The lowest BCUT2D eigenvalue weighted by molar-refractivity contribution is -0.143. The molecule has 0 aromatic heterocycles. The van der Waals surface area contributed by atoms with Crippen molar-refractivity contribution in [2.45, 2.75) is 450 Å². The number of allylic oxidation sites excluding steroid dienone is 6. The van der Waals surface area contributed by atoms with Gasteiger partial charge >= 0.3 is 5.97 Å². The molecule has 0 aromatic carbocycles. The molecule has 6 nitrogen and oxygen atoms in total. The Labute approximate surface area is 538 Å². The molecule has 0 radical (unpaired) electrons. The van der Waals surface area contributed by atoms with Crippen LogP contribution in [0.4, 0.5) is 0 Å². The highest BCUT2D eigenvalue weighted by atomic mass is 16.5. The molecule has 6 heteroatoms. The second-order valence-electron chi connectivity index (χ2n) is 27.0. The molecule has 0 saturated carbocycles. The number of carbonyl (C=O) groups is 2. The highest BCUT2D eigenvalue weighted by molar-refractivity contribution is 5.76. The van der Waals surface area contributed by atoms with Gasteiger partial charge < -0.3 is 20.3 Å². The molecule has 3 N–H and O–H groups in total. The molecule has 1 amide bonds. The Bertz CT molecular complexity index is 1390. The quantitative estimate of drug-likeness (QED) is 0.0320. The van der Waals surface area contributed by atoms with Gasteiger partial charge in [0.2, 0.25) is 5.91 Å². The monoisotopic (exact) mass is 1210 g/mol. The van der Waals surface area contributed by atoms with E-state index in [9.17, 15) is 19.8 Å². The topological polar surface area (TPSA) is 95.9 Å². The summed E-state index contributed by atoms with van der Waals surface area (Å²) in [5.74, 6) is -0.0135. The fraction of sp³-hybridized carbons (Fsp3) is 0.900. The van der Waals surface area contributed by atoms with Crippen LogP contribution < -0.4 is 5.32 Å². The van der Waals surface area contributed by atoms with E-state index in [-0.39, 0.29) is 18.5 Å². The zero-order valence-electron chi connectivity index (χ0n) is 58.3. The molecule has 2 atom stereocenters. The zero-order chi connectivity index (χ0) is 62.0. The van der Waals surface area contributed by atoms with Crippen molar-refractivity contribution < 1.29 is 24.5 Å². The van der Waals surface area contributed by atoms with Crippen LogP contribution in [0, 0.1) is 0 Å². The molecule has 2 unspecified atom stereocenters. The Balaban J connectivity index is 3.32. The fourth-order valence-corrected chi connectivity index (χ4v) is 12.4. The maximum Gasteiger partial charge on any atom is 0.305 e. The Kier molecular flexibility index (Phi) is 73.9. The predicted octanol–water partition coefficient (Wildman–Crippen LogP) is 25.8. The molecule has 0 bridgehead atoms. The molecule has 0 aliphatic rings. The highest BCUT2D eigenvalue weighted by Gasteiger charge is 2.20. The number of amides is 1. The summed E-state index contributed by atoms with van der Waals surface area (Å²) in [6.07, 6.45) is 98.1. The lowest BCUT2D eigenvalue weighted by Gasteiger charge is -2.22. The van der Waals surface area contributed by atoms with Gasteiger partial charge in [-0.2, -0.15) is 0 Å². The third kappa shape index (κ3) is 71.2. The molecule has 0 rings (SSSR count). The molecule has 0 aliphatic carbocycles. The number of esters is 1. The minimum absolute atomic E-state index is 0.0147. The molecular formula is C80H153NO5. The second-order valence-corrected chi connectivity index (χ2v) is 27.0. The van der Waals surface area contributed by atoms with Gasteiger partial charge in [0.05, 0.1) is 25.4 Å². The summed E-state index contributed by atoms with van der Waals surface area (Å²) in [7, 11) is 0. The van der Waals surface area contributed by atoms with Gasteiger partial charge in [-0.15, -0.1) is 0 Å². The summed E-state index contributed by atoms with van der Waals surface area (Å²) < 4.78 is 5.51. The van der Waals surface area contributed by atoms with Crippen LogP contribution in [-0.4, -0.2) is 47.4 Å². The Morgan fingerprint density at radius 2 is 0.581 bits per heavy atom. The standard InChI is InChI=1S/C80H153NO5/c1-3-5-7-9-11-13-15-17-19-20-43-46-50-54-58-62-66-70-74-80(85)86-75-71-67-63-59-55-51-47-44-41-39-37-35-33-31-29-27-25-23-21-22-24-26-28-30-32-34-36-38-40-42-45-49-53-57-61-65-69-73-79(84)81-77(76-82)78(83)72-68-64-60-56-52-48-18-16-14-12-10-8-6-4-2/h13,15,19-21,23,77-78,82-83H,3-12,14,16-18,22,24-76H2,1-2H3,(H,81,84)/b15-13-,20-19-,23-21-. The van der Waals surface area contributed by atoms with Crippen molar-refractivity contribution in [1.82, 2.24) is 5.32 Å². The number of hydrogen-bond acceptors (Lipinski definition) is 5. The number of carbonyl (C=O) groups excluding carboxylic acids is 2. The summed E-state index contributed by atoms with van der Waals surface area (Å²) in [4.78, 5) is 24.6. The smallest absolute Gasteiger partial charge is 0.305 e. The van der Waals surface area contributed by atoms with Crippen molar-refractivity contribution in [3.8, 4) is 0 Å². The number of unbranched alkanes of at least 4 members (excludes halogenated alkanes) is 57. The Morgan fingerprint density at radius 1 is 0.326 bits per heavy atom. The van der Waals surface area contributed by atoms with E-state index in [1.807, 2.05) is 0 Å². The maximum absolute atomic E-state index is 12.5. The van der Waals surface area contributed by atoms with Gasteiger partial charge in [0, 0.05) is 12.8 Å². The van der Waals surface area contributed by atoms with Crippen molar-refractivity contribution in [3.63, 3.8) is 0 Å². The van der Waals surface area contributed by atoms with Gasteiger partial charge in [0.15, 0.2) is 0 Å². The molecule has 86 heavy (non-hydrogen) atoms. The fourth-order valence-electron chi connectivity index (χ4n) is 12.4. The first kappa shape index (κ1) is 84.1. The van der Waals surface area contributed by atoms with E-state index in [4.69, 9.17) is 4.74 Å². The van der Waals surface area contributed by atoms with E-state index in [1.54, 1.807) is 0 Å². The van der Waals surface area contributed by atoms with Crippen molar-refractivity contribution >= 4 is 11.9 Å². The SMILES string of the molecule is CCCCCC/C=C\C/C=C\CCCCCCCCCC(=O)OCCCCCCCCCCCCCCCCCC/C=C\CCCCCCCCCCCCCCCCCCCC(=O)NC(CO)C(O)CCCCCCCCCCCCCCCC. The number of ether oxygens (including phenoxy) is 1. The van der Waals surface area contributed by atoms with Gasteiger partial charge in [0.25, 0.3) is 0 Å². The van der Waals surface area contributed by atoms with Crippen LogP contribution in [0.25, 0.3) is 0 Å². The van der Waals surface area contributed by atoms with Crippen LogP contribution in [0.15, 0.2) is 36.5 Å². The van der Waals surface area contributed by atoms with Gasteiger partial charge in [0.1, 0.15) is 0 Å². The van der Waals surface area contributed by atoms with E-state index in [2.05, 4.69) is 55.6 Å². The van der Waals surface area contributed by atoms with E-state index < -0.39 is 12.1 Å². The molecule has 0 aliphatic heterocycles. The maximum atomic E-state index is 12.5. The van der Waals surface area contributed by atoms with Crippen LogP contribution in [0.1, 0.15) is 438 Å². The highest BCUT2D eigenvalue weighted by Crippen LogP contribution is 2.20. The minimum atomic E-state index is -0.661. The van der Waals surface area contributed by atoms with Crippen LogP contribution in [0.2, 0.25) is 0 Å². The first-order valence-corrected chi connectivity index (χ1v) is 39.2. The van der Waals surface area contributed by atoms with Crippen LogP contribution in [-0.2, 0) is 14.3 Å². The van der Waals surface area contributed by atoms with Crippen molar-refractivity contribution in [2.24, 2.45) is 0 Å². The summed E-state index contributed by atoms with van der Waals surface area (Å²) in [6, 6.07) is -0.538. The number of rotatable bonds is 74. The zero-order valence-corrected chi connectivity index (χ0v) is 58.3. The van der Waals surface area contributed by atoms with Crippen molar-refractivity contribution in [2.75, 3.05) is 13.2 Å². The molecule has 0 fully saturated rings. The lowest BCUT2D eigenvalue weighted by Crippen LogP contribution is -2.45. The van der Waals surface area contributed by atoms with Crippen molar-refractivity contribution in [1.29, 1.82) is 0 Å². The van der Waals surface area contributed by atoms with Crippen LogP contribution >= 0.6 is 0 Å². The van der Waals surface area contributed by atoms with E-state index in [1.165, 1.54) is 353 Å². The molecule has 508 valence electrons. The molecule has 0 saturated heterocycles.